The summed E-state index contributed by atoms with van der Waals surface area (Å²) >= 11 is 7.19. The first-order chi connectivity index (χ1) is 9.46. The number of hydrogen-bond acceptors (Lipinski definition) is 4. The first-order valence-corrected chi connectivity index (χ1v) is 9.58. The second kappa shape index (κ2) is 6.75. The summed E-state index contributed by atoms with van der Waals surface area (Å²) in [6.07, 6.45) is 2.57. The summed E-state index contributed by atoms with van der Waals surface area (Å²) in [5.74, 6) is 0. The van der Waals surface area contributed by atoms with E-state index >= 15 is 0 Å². The van der Waals surface area contributed by atoms with Crippen LogP contribution in [0.5, 0.6) is 0 Å². The molecule has 0 bridgehead atoms. The Morgan fingerprint density at radius 1 is 1.45 bits per heavy atom. The Labute approximate surface area is 130 Å². The lowest BCUT2D eigenvalue weighted by molar-refractivity contribution is 0.263. The molecule has 1 fully saturated rings. The summed E-state index contributed by atoms with van der Waals surface area (Å²) in [5.41, 5.74) is 0.831. The molecule has 114 valence electrons. The predicted octanol–water partition coefficient (Wildman–Crippen LogP) is 2.86. The standard InChI is InChI=1S/C13H21ClN2O2S2/c1-3-8-16(11-4-6-15-7-5-11)20(17,18)12-9-10(2)13(14)19-12/h9,11,15H,3-8H2,1-2H3. The highest BCUT2D eigenvalue weighted by atomic mass is 35.5. The molecule has 1 aromatic rings. The highest BCUT2D eigenvalue weighted by molar-refractivity contribution is 7.91. The Kier molecular flexibility index (Phi) is 5.48. The van der Waals surface area contributed by atoms with E-state index in [1.165, 1.54) is 0 Å². The van der Waals surface area contributed by atoms with Crippen LogP contribution < -0.4 is 5.32 Å². The van der Waals surface area contributed by atoms with E-state index in [4.69, 9.17) is 11.6 Å². The van der Waals surface area contributed by atoms with Gasteiger partial charge in [-0.1, -0.05) is 18.5 Å². The molecular formula is C13H21ClN2O2S2. The van der Waals surface area contributed by atoms with E-state index in [0.717, 1.165) is 49.3 Å². The van der Waals surface area contributed by atoms with Gasteiger partial charge in [-0.05, 0) is 50.9 Å². The van der Waals surface area contributed by atoms with Gasteiger partial charge in [0.1, 0.15) is 4.21 Å². The first-order valence-electron chi connectivity index (χ1n) is 6.95. The summed E-state index contributed by atoms with van der Waals surface area (Å²) in [7, 11) is -3.42. The smallest absolute Gasteiger partial charge is 0.252 e. The zero-order valence-corrected chi connectivity index (χ0v) is 14.2. The molecule has 0 aliphatic carbocycles. The van der Waals surface area contributed by atoms with Gasteiger partial charge in [-0.25, -0.2) is 8.42 Å². The van der Waals surface area contributed by atoms with Crippen LogP contribution in [-0.2, 0) is 10.0 Å². The Morgan fingerprint density at radius 3 is 2.60 bits per heavy atom. The number of hydrogen-bond donors (Lipinski definition) is 1. The average Bonchev–Trinajstić information content (AvgIpc) is 2.77. The largest absolute Gasteiger partial charge is 0.317 e. The van der Waals surface area contributed by atoms with Crippen LogP contribution >= 0.6 is 22.9 Å². The van der Waals surface area contributed by atoms with Gasteiger partial charge in [0.2, 0.25) is 0 Å². The van der Waals surface area contributed by atoms with E-state index in [1.54, 1.807) is 10.4 Å². The van der Waals surface area contributed by atoms with Crippen molar-refractivity contribution in [3.63, 3.8) is 0 Å². The fourth-order valence-corrected chi connectivity index (χ4v) is 6.10. The molecule has 0 atom stereocenters. The van der Waals surface area contributed by atoms with Crippen LogP contribution in [0.4, 0.5) is 0 Å². The molecule has 1 aliphatic heterocycles. The minimum absolute atomic E-state index is 0.0994. The van der Waals surface area contributed by atoms with Crippen molar-refractivity contribution in [1.29, 1.82) is 0 Å². The van der Waals surface area contributed by atoms with Crippen LogP contribution in [0.3, 0.4) is 0 Å². The second-order valence-electron chi connectivity index (χ2n) is 5.12. The number of piperidine rings is 1. The molecule has 0 amide bonds. The molecule has 4 nitrogen and oxygen atoms in total. The van der Waals surface area contributed by atoms with Crippen molar-refractivity contribution >= 4 is 33.0 Å². The van der Waals surface area contributed by atoms with Crippen LogP contribution in [0.1, 0.15) is 31.7 Å². The van der Waals surface area contributed by atoms with Crippen molar-refractivity contribution < 1.29 is 8.42 Å². The zero-order valence-electron chi connectivity index (χ0n) is 11.9. The highest BCUT2D eigenvalue weighted by Crippen LogP contribution is 2.33. The fraction of sp³-hybridized carbons (Fsp3) is 0.692. The van der Waals surface area contributed by atoms with E-state index in [0.29, 0.717) is 15.1 Å². The summed E-state index contributed by atoms with van der Waals surface area (Å²) in [5, 5.41) is 3.28. The predicted molar refractivity (Wildman–Crippen MR) is 84.1 cm³/mol. The van der Waals surface area contributed by atoms with Crippen molar-refractivity contribution in [2.24, 2.45) is 0 Å². The van der Waals surface area contributed by atoms with Gasteiger partial charge in [0, 0.05) is 12.6 Å². The topological polar surface area (TPSA) is 49.4 Å². The maximum absolute atomic E-state index is 12.8. The third kappa shape index (κ3) is 3.36. The Morgan fingerprint density at radius 2 is 2.10 bits per heavy atom. The molecule has 7 heteroatoms. The molecule has 0 unspecified atom stereocenters. The maximum atomic E-state index is 12.8. The van der Waals surface area contributed by atoms with Gasteiger partial charge in [0.15, 0.2) is 0 Å². The van der Waals surface area contributed by atoms with Crippen molar-refractivity contribution in [2.75, 3.05) is 19.6 Å². The monoisotopic (exact) mass is 336 g/mol. The SMILES string of the molecule is CCCN(C1CCNCC1)S(=O)(=O)c1cc(C)c(Cl)s1. The normalized spacial score (nSPS) is 17.8. The quantitative estimate of drug-likeness (QED) is 0.899. The third-order valence-electron chi connectivity index (χ3n) is 3.56. The third-order valence-corrected chi connectivity index (χ3v) is 7.51. The lowest BCUT2D eigenvalue weighted by Crippen LogP contribution is -2.46. The molecule has 1 saturated heterocycles. The van der Waals surface area contributed by atoms with Crippen molar-refractivity contribution in [1.82, 2.24) is 9.62 Å². The first kappa shape index (κ1) is 16.2. The van der Waals surface area contributed by atoms with E-state index < -0.39 is 10.0 Å². The Bertz CT molecular complexity index is 531. The summed E-state index contributed by atoms with van der Waals surface area (Å²) in [4.78, 5) is 0. The molecule has 0 saturated carbocycles. The molecule has 1 N–H and O–H groups in total. The zero-order chi connectivity index (χ0) is 14.8. The van der Waals surface area contributed by atoms with Gasteiger partial charge in [-0.2, -0.15) is 4.31 Å². The van der Waals surface area contributed by atoms with Gasteiger partial charge in [-0.15, -0.1) is 11.3 Å². The molecule has 2 rings (SSSR count). The number of sulfonamides is 1. The lowest BCUT2D eigenvalue weighted by Gasteiger charge is -2.33. The summed E-state index contributed by atoms with van der Waals surface area (Å²) < 4.78 is 28.3. The number of thiophene rings is 1. The molecule has 1 aromatic heterocycles. The maximum Gasteiger partial charge on any atom is 0.252 e. The van der Waals surface area contributed by atoms with E-state index in [9.17, 15) is 8.42 Å². The summed E-state index contributed by atoms with van der Waals surface area (Å²) in [6, 6.07) is 1.79. The minimum Gasteiger partial charge on any atom is -0.317 e. The molecule has 1 aliphatic rings. The molecule has 0 spiro atoms. The van der Waals surface area contributed by atoms with Crippen molar-refractivity contribution in [3.8, 4) is 0 Å². The van der Waals surface area contributed by atoms with Gasteiger partial charge in [0.25, 0.3) is 10.0 Å². The van der Waals surface area contributed by atoms with Gasteiger partial charge in [0.05, 0.1) is 4.34 Å². The Balaban J connectivity index is 2.31. The summed E-state index contributed by atoms with van der Waals surface area (Å²) in [6.45, 7) is 6.18. The lowest BCUT2D eigenvalue weighted by atomic mass is 10.1. The van der Waals surface area contributed by atoms with Gasteiger partial charge < -0.3 is 5.32 Å². The van der Waals surface area contributed by atoms with Gasteiger partial charge in [-0.3, -0.25) is 0 Å². The van der Waals surface area contributed by atoms with E-state index in [-0.39, 0.29) is 6.04 Å². The number of aryl methyl sites for hydroxylation is 1. The minimum atomic E-state index is -3.42. The number of halogens is 1. The van der Waals surface area contributed by atoms with Crippen LogP contribution in [0.25, 0.3) is 0 Å². The molecule has 2 heterocycles. The molecule has 0 radical (unpaired) electrons. The second-order valence-corrected chi connectivity index (χ2v) is 8.89. The molecular weight excluding hydrogens is 316 g/mol. The van der Waals surface area contributed by atoms with Crippen molar-refractivity contribution in [3.05, 3.63) is 16.0 Å². The number of nitrogens with one attached hydrogen (secondary N) is 1. The molecule has 0 aromatic carbocycles. The Hall–Kier alpha value is -0.140. The number of rotatable bonds is 5. The molecule has 20 heavy (non-hydrogen) atoms. The fourth-order valence-electron chi connectivity index (χ4n) is 2.49. The van der Waals surface area contributed by atoms with E-state index in [2.05, 4.69) is 5.32 Å². The van der Waals surface area contributed by atoms with Crippen LogP contribution in [0, 0.1) is 6.92 Å². The van der Waals surface area contributed by atoms with Crippen LogP contribution in [-0.4, -0.2) is 38.4 Å². The highest BCUT2D eigenvalue weighted by Gasteiger charge is 2.33. The average molecular weight is 337 g/mol. The van der Waals surface area contributed by atoms with Crippen molar-refractivity contribution in [2.45, 2.75) is 43.4 Å². The van der Waals surface area contributed by atoms with E-state index in [1.807, 2.05) is 13.8 Å². The van der Waals surface area contributed by atoms with Gasteiger partial charge >= 0.3 is 0 Å². The number of nitrogens with zero attached hydrogens (tertiary/aromatic N) is 1. The van der Waals surface area contributed by atoms with Crippen LogP contribution in [0.2, 0.25) is 4.34 Å². The van der Waals surface area contributed by atoms with Crippen LogP contribution in [0.15, 0.2) is 10.3 Å².